The van der Waals surface area contributed by atoms with E-state index in [0.29, 0.717) is 35.7 Å². The zero-order chi connectivity index (χ0) is 30.1. The molecule has 0 aromatic heterocycles. The number of benzene rings is 4. The van der Waals surface area contributed by atoms with Gasteiger partial charge in [0.25, 0.3) is 0 Å². The molecule has 0 heterocycles. The van der Waals surface area contributed by atoms with Gasteiger partial charge < -0.3 is 20.1 Å². The van der Waals surface area contributed by atoms with E-state index in [9.17, 15) is 19.5 Å². The number of carboxylic acids is 1. The zero-order valence-electron chi connectivity index (χ0n) is 24.1. The van der Waals surface area contributed by atoms with E-state index >= 15 is 0 Å². The van der Waals surface area contributed by atoms with Crippen LogP contribution in [0.2, 0.25) is 0 Å². The van der Waals surface area contributed by atoms with E-state index < -0.39 is 12.0 Å². The summed E-state index contributed by atoms with van der Waals surface area (Å²) in [5.74, 6) is -0.704. The molecule has 216 valence electrons. The molecule has 42 heavy (non-hydrogen) atoms. The van der Waals surface area contributed by atoms with E-state index in [1.165, 1.54) is 0 Å². The number of anilines is 2. The molecule has 0 aliphatic rings. The number of ether oxygens (including phenoxy) is 1. The molecule has 0 bridgehead atoms. The number of rotatable bonds is 13. The molecular weight excluding hydrogens is 528 g/mol. The number of amides is 1. The van der Waals surface area contributed by atoms with Crippen LogP contribution in [0.3, 0.4) is 0 Å². The largest absolute Gasteiger partial charge is 0.492 e. The molecule has 0 spiro atoms. The van der Waals surface area contributed by atoms with Crippen molar-refractivity contribution in [2.75, 3.05) is 23.4 Å². The van der Waals surface area contributed by atoms with Crippen molar-refractivity contribution >= 4 is 29.0 Å². The number of carbonyl (C=O) groups is 3. The second-order valence-electron chi connectivity index (χ2n) is 10.5. The minimum absolute atomic E-state index is 0.0267. The monoisotopic (exact) mass is 564 g/mol. The van der Waals surface area contributed by atoms with E-state index in [0.717, 1.165) is 16.8 Å². The molecule has 1 amide bonds. The lowest BCUT2D eigenvalue weighted by Crippen LogP contribution is -2.37. The Balaban J connectivity index is 1.39. The first-order valence-corrected chi connectivity index (χ1v) is 14.0. The highest BCUT2D eigenvalue weighted by Gasteiger charge is 2.22. The Labute approximate surface area is 246 Å². The second-order valence-corrected chi connectivity index (χ2v) is 10.5. The van der Waals surface area contributed by atoms with Crippen molar-refractivity contribution in [3.8, 4) is 5.75 Å². The van der Waals surface area contributed by atoms with E-state index in [1.54, 1.807) is 65.6 Å². The number of carboxylic acid groups (broad SMARTS) is 1. The van der Waals surface area contributed by atoms with Crippen molar-refractivity contribution in [3.63, 3.8) is 0 Å². The van der Waals surface area contributed by atoms with Gasteiger partial charge in [0.2, 0.25) is 5.91 Å². The Bertz CT molecular complexity index is 1520. The molecule has 0 fully saturated rings. The van der Waals surface area contributed by atoms with Gasteiger partial charge in [-0.15, -0.1) is 0 Å². The normalized spacial score (nSPS) is 11.5. The molecule has 2 N–H and O–H groups in total. The van der Waals surface area contributed by atoms with Gasteiger partial charge in [0.05, 0.1) is 6.54 Å². The average Bonchev–Trinajstić information content (AvgIpc) is 2.99. The second kappa shape index (κ2) is 14.1. The van der Waals surface area contributed by atoms with Crippen LogP contribution in [0.5, 0.6) is 5.75 Å². The first kappa shape index (κ1) is 30.1. The van der Waals surface area contributed by atoms with Crippen LogP contribution in [-0.2, 0) is 16.0 Å². The summed E-state index contributed by atoms with van der Waals surface area (Å²) in [6, 6.07) is 30.0. The Morgan fingerprint density at radius 2 is 1.55 bits per heavy atom. The average molecular weight is 565 g/mol. The number of aliphatic carboxylic acids is 1. The van der Waals surface area contributed by atoms with Crippen LogP contribution >= 0.6 is 0 Å². The Morgan fingerprint density at radius 1 is 0.857 bits per heavy atom. The summed E-state index contributed by atoms with van der Waals surface area (Å²) >= 11 is 0. The molecule has 4 rings (SSSR count). The Hall–Kier alpha value is -4.91. The lowest BCUT2D eigenvalue weighted by Gasteiger charge is -2.25. The molecule has 4 aromatic rings. The minimum Gasteiger partial charge on any atom is -0.492 e. The number of aryl methyl sites for hydroxylation is 1. The summed E-state index contributed by atoms with van der Waals surface area (Å²) < 4.78 is 5.94. The minimum atomic E-state index is -1.02. The summed E-state index contributed by atoms with van der Waals surface area (Å²) in [4.78, 5) is 39.9. The first-order valence-electron chi connectivity index (χ1n) is 14.0. The van der Waals surface area contributed by atoms with Gasteiger partial charge in [-0.1, -0.05) is 80.6 Å². The third-order valence-electron chi connectivity index (χ3n) is 6.86. The van der Waals surface area contributed by atoms with Gasteiger partial charge in [0, 0.05) is 34.8 Å². The number of carbonyl (C=O) groups excluding carboxylic acids is 2. The first-order chi connectivity index (χ1) is 20.2. The van der Waals surface area contributed by atoms with Crippen molar-refractivity contribution in [2.45, 2.75) is 33.2 Å². The van der Waals surface area contributed by atoms with E-state index in [4.69, 9.17) is 4.74 Å². The van der Waals surface area contributed by atoms with Gasteiger partial charge in [0.15, 0.2) is 5.78 Å². The Morgan fingerprint density at radius 3 is 2.21 bits per heavy atom. The molecular formula is C35H36N2O5. The van der Waals surface area contributed by atoms with Gasteiger partial charge >= 0.3 is 5.97 Å². The number of nitrogens with zero attached hydrogens (tertiary/aromatic N) is 1. The molecule has 0 aliphatic carbocycles. The summed E-state index contributed by atoms with van der Waals surface area (Å²) in [7, 11) is 0. The van der Waals surface area contributed by atoms with E-state index in [1.807, 2.05) is 63.2 Å². The standard InChI is InChI=1S/C35H36N2O5/c1-24(2)34(39)37(28-13-9-10-25(3)22-28)20-21-42-29-18-16-26(17-19-29)23-32(35(40)41)36-31-15-8-7-14-30(31)33(38)27-11-5-4-6-12-27/h4-19,22,24,32,36H,20-21,23H2,1-3H3,(H,40,41). The van der Waals surface area contributed by atoms with Crippen LogP contribution in [0.15, 0.2) is 103 Å². The fourth-order valence-corrected chi connectivity index (χ4v) is 4.63. The van der Waals surface area contributed by atoms with Crippen LogP contribution < -0.4 is 15.0 Å². The number of para-hydroxylation sites is 1. The highest BCUT2D eigenvalue weighted by molar-refractivity contribution is 6.12. The van der Waals surface area contributed by atoms with Crippen LogP contribution in [0.25, 0.3) is 0 Å². The number of hydrogen-bond donors (Lipinski definition) is 2. The lowest BCUT2D eigenvalue weighted by atomic mass is 10.00. The van der Waals surface area contributed by atoms with Crippen LogP contribution in [0.1, 0.15) is 40.9 Å². The molecule has 0 radical (unpaired) electrons. The molecule has 1 unspecified atom stereocenters. The number of hydrogen-bond acceptors (Lipinski definition) is 5. The van der Waals surface area contributed by atoms with Crippen LogP contribution in [0, 0.1) is 12.8 Å². The molecule has 7 nitrogen and oxygen atoms in total. The molecule has 4 aromatic carbocycles. The van der Waals surface area contributed by atoms with Crippen LogP contribution in [0.4, 0.5) is 11.4 Å². The third kappa shape index (κ3) is 7.85. The van der Waals surface area contributed by atoms with Crippen molar-refractivity contribution in [3.05, 3.63) is 125 Å². The predicted octanol–water partition coefficient (Wildman–Crippen LogP) is 6.40. The maximum atomic E-state index is 13.1. The summed E-state index contributed by atoms with van der Waals surface area (Å²) in [5.41, 5.74) is 4.12. The van der Waals surface area contributed by atoms with Gasteiger partial charge in [-0.2, -0.15) is 0 Å². The molecule has 0 aliphatic heterocycles. The topological polar surface area (TPSA) is 95.9 Å². The SMILES string of the molecule is Cc1cccc(N(CCOc2ccc(CC(Nc3ccccc3C(=O)c3ccccc3)C(=O)O)cc2)C(=O)C(C)C)c1. The summed E-state index contributed by atoms with van der Waals surface area (Å²) in [6.45, 7) is 6.45. The molecule has 0 saturated carbocycles. The maximum Gasteiger partial charge on any atom is 0.326 e. The van der Waals surface area contributed by atoms with E-state index in [-0.39, 0.29) is 24.0 Å². The fraction of sp³-hybridized carbons (Fsp3) is 0.229. The summed E-state index contributed by atoms with van der Waals surface area (Å²) in [6.07, 6.45) is 0.202. The van der Waals surface area contributed by atoms with Gasteiger partial charge in [0.1, 0.15) is 18.4 Å². The molecule has 0 saturated heterocycles. The van der Waals surface area contributed by atoms with Crippen molar-refractivity contribution < 1.29 is 24.2 Å². The van der Waals surface area contributed by atoms with Crippen molar-refractivity contribution in [1.82, 2.24) is 0 Å². The smallest absolute Gasteiger partial charge is 0.326 e. The highest BCUT2D eigenvalue weighted by Crippen LogP contribution is 2.23. The Kier molecular flexibility index (Phi) is 10.1. The molecule has 7 heteroatoms. The quantitative estimate of drug-likeness (QED) is 0.182. The lowest BCUT2D eigenvalue weighted by molar-refractivity contribution is -0.137. The van der Waals surface area contributed by atoms with Crippen LogP contribution in [-0.4, -0.2) is 42.0 Å². The fourth-order valence-electron chi connectivity index (χ4n) is 4.63. The highest BCUT2D eigenvalue weighted by atomic mass is 16.5. The van der Waals surface area contributed by atoms with Crippen molar-refractivity contribution in [2.24, 2.45) is 5.92 Å². The zero-order valence-corrected chi connectivity index (χ0v) is 24.1. The van der Waals surface area contributed by atoms with Gasteiger partial charge in [-0.25, -0.2) is 4.79 Å². The van der Waals surface area contributed by atoms with Gasteiger partial charge in [-0.3, -0.25) is 9.59 Å². The van der Waals surface area contributed by atoms with Crippen molar-refractivity contribution in [1.29, 1.82) is 0 Å². The molecule has 1 atom stereocenters. The number of nitrogens with one attached hydrogen (secondary N) is 1. The maximum absolute atomic E-state index is 13.1. The summed E-state index contributed by atoms with van der Waals surface area (Å²) in [5, 5.41) is 13.0. The van der Waals surface area contributed by atoms with Gasteiger partial charge in [-0.05, 0) is 54.4 Å². The van der Waals surface area contributed by atoms with E-state index in [2.05, 4.69) is 5.32 Å². The number of ketones is 1. The predicted molar refractivity (Wildman–Crippen MR) is 165 cm³/mol. The third-order valence-corrected chi connectivity index (χ3v) is 6.86.